The van der Waals surface area contributed by atoms with Gasteiger partial charge in [-0.1, -0.05) is 29.3 Å². The van der Waals surface area contributed by atoms with Gasteiger partial charge < -0.3 is 24.3 Å². The van der Waals surface area contributed by atoms with Crippen molar-refractivity contribution in [3.8, 4) is 17.2 Å². The number of methoxy groups -OCH3 is 1. The highest BCUT2D eigenvalue weighted by atomic mass is 35.5. The first-order valence-electron chi connectivity index (χ1n) is 12.4. The van der Waals surface area contributed by atoms with Gasteiger partial charge >= 0.3 is 18.5 Å². The summed E-state index contributed by atoms with van der Waals surface area (Å²) in [5, 5.41) is 13.7. The van der Waals surface area contributed by atoms with Gasteiger partial charge in [-0.15, -0.1) is 0 Å². The molecule has 0 unspecified atom stereocenters. The Morgan fingerprint density at radius 2 is 1.81 bits per heavy atom. The lowest BCUT2D eigenvalue weighted by molar-refractivity contribution is -0.384. The minimum absolute atomic E-state index is 0.00672. The summed E-state index contributed by atoms with van der Waals surface area (Å²) in [6, 6.07) is 7.37. The number of anilines is 1. The number of carbonyl (C=O) groups excluding carboxylic acids is 2. The molecule has 1 N–H and O–H groups in total. The molecule has 1 heterocycles. The number of carbonyl (C=O) groups is 2. The Labute approximate surface area is 247 Å². The van der Waals surface area contributed by atoms with E-state index in [0.29, 0.717) is 5.56 Å². The van der Waals surface area contributed by atoms with Crippen LogP contribution in [0.4, 0.5) is 20.2 Å². The summed E-state index contributed by atoms with van der Waals surface area (Å²) in [5.41, 5.74) is 0.293. The molecular weight excluding hydrogens is 603 g/mol. The second-order valence-electron chi connectivity index (χ2n) is 9.11. The van der Waals surface area contributed by atoms with Crippen LogP contribution in [0, 0.1) is 16.0 Å². The van der Waals surface area contributed by atoms with Gasteiger partial charge in [-0.2, -0.15) is 8.78 Å². The van der Waals surface area contributed by atoms with Crippen molar-refractivity contribution in [1.82, 2.24) is 4.98 Å². The second-order valence-corrected chi connectivity index (χ2v) is 9.93. The molecule has 4 rings (SSSR count). The van der Waals surface area contributed by atoms with E-state index in [0.717, 1.165) is 25.0 Å². The maximum absolute atomic E-state index is 13.0. The standard InChI is InChI=1S/C27H23Cl2F2N3O8/c1-39-23-9-16(34(37)38)5-6-20(23)33-25(35)26(36)41-22(10-17-18(28)11-32-12-19(17)29)15-4-7-21(42-27(30)31)24(8-15)40-13-14-2-3-14/h4-9,11-12,14,22,27H,2-3,10,13H2,1H3,(H,33,35)/t22-/m0/s1. The van der Waals surface area contributed by atoms with Crippen molar-refractivity contribution in [1.29, 1.82) is 0 Å². The number of non-ortho nitro benzene ring substituents is 1. The molecule has 15 heteroatoms. The van der Waals surface area contributed by atoms with Crippen LogP contribution in [-0.4, -0.2) is 42.1 Å². The number of benzene rings is 2. The number of nitro groups is 1. The Hall–Kier alpha value is -4.23. The zero-order valence-electron chi connectivity index (χ0n) is 21.9. The molecule has 1 aliphatic rings. The largest absolute Gasteiger partial charge is 0.494 e. The third kappa shape index (κ3) is 7.95. The maximum Gasteiger partial charge on any atom is 0.397 e. The minimum Gasteiger partial charge on any atom is -0.494 e. The number of ether oxygens (including phenoxy) is 4. The van der Waals surface area contributed by atoms with Gasteiger partial charge in [-0.3, -0.25) is 19.9 Å². The molecule has 42 heavy (non-hydrogen) atoms. The number of nitrogens with one attached hydrogen (secondary N) is 1. The third-order valence-electron chi connectivity index (χ3n) is 6.15. The molecule has 0 aliphatic heterocycles. The second kappa shape index (κ2) is 13.6. The van der Waals surface area contributed by atoms with Crippen LogP contribution in [0.15, 0.2) is 48.8 Å². The molecule has 0 bridgehead atoms. The maximum atomic E-state index is 13.0. The molecule has 0 spiro atoms. The van der Waals surface area contributed by atoms with Crippen molar-refractivity contribution < 1.29 is 42.2 Å². The number of amides is 1. The van der Waals surface area contributed by atoms with Crippen LogP contribution in [0.5, 0.6) is 17.2 Å². The van der Waals surface area contributed by atoms with E-state index in [4.69, 9.17) is 37.4 Å². The number of pyridine rings is 1. The van der Waals surface area contributed by atoms with Crippen molar-refractivity contribution in [3.05, 3.63) is 80.1 Å². The van der Waals surface area contributed by atoms with Crippen molar-refractivity contribution in [3.63, 3.8) is 0 Å². The van der Waals surface area contributed by atoms with E-state index >= 15 is 0 Å². The SMILES string of the molecule is COc1cc([N+](=O)[O-])ccc1NC(=O)C(=O)O[C@@H](Cc1c(Cl)cncc1Cl)c1ccc(OC(F)F)c(OCC2CC2)c1. The first-order chi connectivity index (χ1) is 20.0. The molecule has 2 aromatic carbocycles. The number of rotatable bonds is 12. The van der Waals surface area contributed by atoms with E-state index in [1.54, 1.807) is 0 Å². The molecule has 0 saturated heterocycles. The average Bonchev–Trinajstić information content (AvgIpc) is 3.78. The van der Waals surface area contributed by atoms with Crippen LogP contribution < -0.4 is 19.5 Å². The van der Waals surface area contributed by atoms with Gasteiger partial charge in [0.15, 0.2) is 11.5 Å². The van der Waals surface area contributed by atoms with Crippen LogP contribution in [-0.2, 0) is 20.7 Å². The van der Waals surface area contributed by atoms with Gasteiger partial charge in [-0.25, -0.2) is 4.79 Å². The summed E-state index contributed by atoms with van der Waals surface area (Å²) in [6.45, 7) is -2.84. The highest BCUT2D eigenvalue weighted by molar-refractivity contribution is 6.37. The van der Waals surface area contributed by atoms with Crippen LogP contribution in [0.25, 0.3) is 0 Å². The van der Waals surface area contributed by atoms with Crippen molar-refractivity contribution >= 4 is 46.5 Å². The number of alkyl halides is 2. The molecule has 1 saturated carbocycles. The zero-order chi connectivity index (χ0) is 30.4. The van der Waals surface area contributed by atoms with Crippen molar-refractivity contribution in [2.24, 2.45) is 5.92 Å². The average molecular weight is 626 g/mol. The number of aromatic nitrogens is 1. The van der Waals surface area contributed by atoms with Gasteiger partial charge in [-0.05, 0) is 48.1 Å². The molecule has 1 fully saturated rings. The zero-order valence-corrected chi connectivity index (χ0v) is 23.4. The fourth-order valence-electron chi connectivity index (χ4n) is 3.82. The quantitative estimate of drug-likeness (QED) is 0.108. The Kier molecular flexibility index (Phi) is 9.96. The summed E-state index contributed by atoms with van der Waals surface area (Å²) in [5.74, 6) is -2.56. The number of nitrogens with zero attached hydrogens (tertiary/aromatic N) is 2. The van der Waals surface area contributed by atoms with Crippen molar-refractivity contribution in [2.45, 2.75) is 32.0 Å². The minimum atomic E-state index is -3.11. The molecule has 1 aliphatic carbocycles. The van der Waals surface area contributed by atoms with Crippen molar-refractivity contribution in [2.75, 3.05) is 19.0 Å². The Balaban J connectivity index is 1.62. The van der Waals surface area contributed by atoms with Gasteiger partial charge in [0, 0.05) is 24.9 Å². The summed E-state index contributed by atoms with van der Waals surface area (Å²) in [4.78, 5) is 40.1. The third-order valence-corrected chi connectivity index (χ3v) is 6.80. The highest BCUT2D eigenvalue weighted by Gasteiger charge is 2.28. The fourth-order valence-corrected chi connectivity index (χ4v) is 4.34. The number of esters is 1. The summed E-state index contributed by atoms with van der Waals surface area (Å²) in [7, 11) is 1.23. The lowest BCUT2D eigenvalue weighted by Crippen LogP contribution is -2.27. The van der Waals surface area contributed by atoms with Crippen LogP contribution in [0.3, 0.4) is 0 Å². The molecular formula is C27H23Cl2F2N3O8. The summed E-state index contributed by atoms with van der Waals surface area (Å²) >= 11 is 12.6. The van der Waals surface area contributed by atoms with Gasteiger partial charge in [0.05, 0.1) is 40.4 Å². The van der Waals surface area contributed by atoms with E-state index in [1.165, 1.54) is 43.8 Å². The lowest BCUT2D eigenvalue weighted by atomic mass is 10.0. The Bertz CT molecular complexity index is 1470. The van der Waals surface area contributed by atoms with Gasteiger partial charge in [0.1, 0.15) is 11.9 Å². The molecule has 0 radical (unpaired) electrons. The van der Waals surface area contributed by atoms with E-state index in [2.05, 4.69) is 15.0 Å². The van der Waals surface area contributed by atoms with Gasteiger partial charge in [0.2, 0.25) is 0 Å². The van der Waals surface area contributed by atoms with E-state index < -0.39 is 29.5 Å². The topological polar surface area (TPSA) is 139 Å². The number of hydrogen-bond acceptors (Lipinski definition) is 9. The van der Waals surface area contributed by atoms with Crippen LogP contribution in [0.2, 0.25) is 10.0 Å². The van der Waals surface area contributed by atoms with E-state index in [-0.39, 0.29) is 63.2 Å². The molecule has 222 valence electrons. The van der Waals surface area contributed by atoms with E-state index in [9.17, 15) is 28.5 Å². The first kappa shape index (κ1) is 30.7. The smallest absolute Gasteiger partial charge is 0.397 e. The Morgan fingerprint density at radius 3 is 2.43 bits per heavy atom. The lowest BCUT2D eigenvalue weighted by Gasteiger charge is -2.21. The number of hydrogen-bond donors (Lipinski definition) is 1. The normalized spacial score (nSPS) is 13.3. The molecule has 1 aromatic heterocycles. The molecule has 1 atom stereocenters. The first-order valence-corrected chi connectivity index (χ1v) is 13.1. The van der Waals surface area contributed by atoms with Crippen LogP contribution in [0.1, 0.15) is 30.1 Å². The monoisotopic (exact) mass is 625 g/mol. The number of halogens is 4. The Morgan fingerprint density at radius 1 is 1.10 bits per heavy atom. The van der Waals surface area contributed by atoms with Crippen LogP contribution >= 0.6 is 23.2 Å². The predicted octanol–water partition coefficient (Wildman–Crippen LogP) is 6.16. The number of nitro benzene ring substituents is 1. The summed E-state index contributed by atoms with van der Waals surface area (Å²) in [6.07, 6.45) is 3.22. The molecule has 3 aromatic rings. The van der Waals surface area contributed by atoms with E-state index in [1.807, 2.05) is 0 Å². The predicted molar refractivity (Wildman–Crippen MR) is 146 cm³/mol. The molecule has 11 nitrogen and oxygen atoms in total. The molecule has 1 amide bonds. The summed E-state index contributed by atoms with van der Waals surface area (Å²) < 4.78 is 47.0. The fraction of sp³-hybridized carbons (Fsp3) is 0.296. The highest BCUT2D eigenvalue weighted by Crippen LogP contribution is 2.38. The van der Waals surface area contributed by atoms with Gasteiger partial charge in [0.25, 0.3) is 5.69 Å².